The summed E-state index contributed by atoms with van der Waals surface area (Å²) in [6.45, 7) is 0. The molecule has 3 N–H and O–H groups in total. The number of nitrogens with one attached hydrogen (secondary N) is 3. The molecule has 10 heteroatoms. The molecule has 0 bridgehead atoms. The molecular weight excluding hydrogens is 444 g/mol. The van der Waals surface area contributed by atoms with Gasteiger partial charge in [-0.2, -0.15) is 5.10 Å². The van der Waals surface area contributed by atoms with E-state index in [1.54, 1.807) is 54.6 Å². The molecule has 0 aliphatic heterocycles. The summed E-state index contributed by atoms with van der Waals surface area (Å²) >= 11 is 0. The van der Waals surface area contributed by atoms with Crippen molar-refractivity contribution in [2.45, 2.75) is 11.3 Å². The number of carbonyl (C=O) groups excluding carboxylic acids is 1. The summed E-state index contributed by atoms with van der Waals surface area (Å²) in [7, 11) is -2.36. The fraction of sp³-hybridized carbons (Fsp3) is 0.0870. The van der Waals surface area contributed by atoms with Gasteiger partial charge in [0.2, 0.25) is 5.91 Å². The number of aromatic amines is 1. The molecule has 0 aliphatic carbocycles. The normalized spacial score (nSPS) is 11.2. The van der Waals surface area contributed by atoms with E-state index in [0.29, 0.717) is 33.6 Å². The van der Waals surface area contributed by atoms with Crippen molar-refractivity contribution in [3.05, 3.63) is 88.8 Å². The lowest BCUT2D eigenvalue weighted by Crippen LogP contribution is -2.19. The zero-order chi connectivity index (χ0) is 23.4. The first-order valence-corrected chi connectivity index (χ1v) is 11.4. The molecule has 0 fully saturated rings. The zero-order valence-corrected chi connectivity index (χ0v) is 18.3. The van der Waals surface area contributed by atoms with Gasteiger partial charge in [-0.05, 0) is 48.5 Å². The van der Waals surface area contributed by atoms with Gasteiger partial charge in [-0.15, -0.1) is 0 Å². The molecule has 0 atom stereocenters. The number of amides is 1. The van der Waals surface area contributed by atoms with E-state index in [4.69, 9.17) is 4.74 Å². The number of ether oxygens (including phenoxy) is 1. The van der Waals surface area contributed by atoms with E-state index in [9.17, 15) is 18.0 Å². The number of benzene rings is 3. The minimum absolute atomic E-state index is 0.0104. The SMILES string of the molecule is COc1ccc(NS(=O)(=O)c2cccc(NC(=O)Cc3n[nH]c(=O)c4ccccc34)c2)cc1. The van der Waals surface area contributed by atoms with E-state index >= 15 is 0 Å². The van der Waals surface area contributed by atoms with Crippen LogP contribution in [0.5, 0.6) is 5.75 Å². The molecule has 4 aromatic rings. The maximum absolute atomic E-state index is 12.8. The number of carbonyl (C=O) groups is 1. The Morgan fingerprint density at radius 3 is 2.42 bits per heavy atom. The summed E-state index contributed by atoms with van der Waals surface area (Å²) in [4.78, 5) is 24.5. The second-order valence-corrected chi connectivity index (χ2v) is 8.81. The molecule has 168 valence electrons. The van der Waals surface area contributed by atoms with Crippen molar-refractivity contribution in [2.75, 3.05) is 17.1 Å². The number of hydrogen-bond donors (Lipinski definition) is 3. The Balaban J connectivity index is 1.50. The molecule has 0 unspecified atom stereocenters. The lowest BCUT2D eigenvalue weighted by atomic mass is 10.1. The maximum Gasteiger partial charge on any atom is 0.272 e. The highest BCUT2D eigenvalue weighted by Gasteiger charge is 2.16. The van der Waals surface area contributed by atoms with Gasteiger partial charge in [-0.1, -0.05) is 24.3 Å². The summed E-state index contributed by atoms with van der Waals surface area (Å²) in [5.74, 6) is 0.199. The number of anilines is 2. The summed E-state index contributed by atoms with van der Waals surface area (Å²) < 4.78 is 33.1. The Labute approximate surface area is 189 Å². The average molecular weight is 465 g/mol. The molecule has 0 radical (unpaired) electrons. The topological polar surface area (TPSA) is 130 Å². The van der Waals surface area contributed by atoms with Crippen LogP contribution in [0.4, 0.5) is 11.4 Å². The quantitative estimate of drug-likeness (QED) is 0.386. The molecule has 0 saturated carbocycles. The van der Waals surface area contributed by atoms with Gasteiger partial charge in [0, 0.05) is 16.8 Å². The molecule has 4 rings (SSSR count). The molecule has 1 aromatic heterocycles. The monoisotopic (exact) mass is 464 g/mol. The molecule has 3 aromatic carbocycles. The smallest absolute Gasteiger partial charge is 0.272 e. The Bertz CT molecular complexity index is 1480. The fourth-order valence-corrected chi connectivity index (χ4v) is 4.38. The van der Waals surface area contributed by atoms with Gasteiger partial charge in [0.15, 0.2) is 0 Å². The second-order valence-electron chi connectivity index (χ2n) is 7.13. The molecule has 0 saturated heterocycles. The van der Waals surface area contributed by atoms with Gasteiger partial charge in [0.05, 0.1) is 29.5 Å². The number of methoxy groups -OCH3 is 1. The largest absolute Gasteiger partial charge is 0.497 e. The van der Waals surface area contributed by atoms with Gasteiger partial charge in [-0.3, -0.25) is 14.3 Å². The average Bonchev–Trinajstić information content (AvgIpc) is 2.81. The van der Waals surface area contributed by atoms with Crippen molar-refractivity contribution in [2.24, 2.45) is 0 Å². The number of H-pyrrole nitrogens is 1. The molecule has 0 aliphatic rings. The highest BCUT2D eigenvalue weighted by atomic mass is 32.2. The molecular formula is C23H20N4O5S. The van der Waals surface area contributed by atoms with Crippen LogP contribution in [0.25, 0.3) is 10.8 Å². The molecule has 33 heavy (non-hydrogen) atoms. The summed E-state index contributed by atoms with van der Waals surface area (Å²) in [6.07, 6.45) is -0.0988. The Kier molecular flexibility index (Phi) is 6.09. The number of hydrogen-bond acceptors (Lipinski definition) is 6. The highest BCUT2D eigenvalue weighted by molar-refractivity contribution is 7.92. The first kappa shape index (κ1) is 22.0. The van der Waals surface area contributed by atoms with E-state index in [1.165, 1.54) is 25.3 Å². The van der Waals surface area contributed by atoms with Crippen molar-refractivity contribution in [1.29, 1.82) is 0 Å². The number of nitrogens with zero attached hydrogens (tertiary/aromatic N) is 1. The lowest BCUT2D eigenvalue weighted by Gasteiger charge is -2.11. The number of fused-ring (bicyclic) bond motifs is 1. The van der Waals surface area contributed by atoms with Crippen molar-refractivity contribution in [1.82, 2.24) is 10.2 Å². The van der Waals surface area contributed by atoms with E-state index < -0.39 is 15.9 Å². The van der Waals surface area contributed by atoms with Crippen LogP contribution in [-0.2, 0) is 21.2 Å². The van der Waals surface area contributed by atoms with Crippen LogP contribution in [0, 0.1) is 0 Å². The molecule has 1 amide bonds. The van der Waals surface area contributed by atoms with Crippen LogP contribution < -0.4 is 20.3 Å². The van der Waals surface area contributed by atoms with Crippen LogP contribution in [0.15, 0.2) is 82.5 Å². The molecule has 1 heterocycles. The fourth-order valence-electron chi connectivity index (χ4n) is 3.28. The minimum Gasteiger partial charge on any atom is -0.497 e. The second kappa shape index (κ2) is 9.13. The predicted molar refractivity (Wildman–Crippen MR) is 125 cm³/mol. The molecule has 0 spiro atoms. The van der Waals surface area contributed by atoms with Crippen LogP contribution in [-0.4, -0.2) is 31.6 Å². The predicted octanol–water partition coefficient (Wildman–Crippen LogP) is 2.91. The Hall–Kier alpha value is -4.18. The number of sulfonamides is 1. The van der Waals surface area contributed by atoms with Gasteiger partial charge in [0.25, 0.3) is 15.6 Å². The van der Waals surface area contributed by atoms with Crippen LogP contribution in [0.2, 0.25) is 0 Å². The first-order valence-electron chi connectivity index (χ1n) is 9.89. The maximum atomic E-state index is 12.8. The van der Waals surface area contributed by atoms with Crippen molar-refractivity contribution < 1.29 is 17.9 Å². The van der Waals surface area contributed by atoms with E-state index in [-0.39, 0.29) is 16.9 Å². The van der Waals surface area contributed by atoms with Gasteiger partial charge < -0.3 is 10.1 Å². The van der Waals surface area contributed by atoms with Gasteiger partial charge >= 0.3 is 0 Å². The van der Waals surface area contributed by atoms with Crippen molar-refractivity contribution in [3.63, 3.8) is 0 Å². The Morgan fingerprint density at radius 1 is 0.970 bits per heavy atom. The van der Waals surface area contributed by atoms with E-state index in [2.05, 4.69) is 20.2 Å². The van der Waals surface area contributed by atoms with Crippen LogP contribution in [0.3, 0.4) is 0 Å². The molecule has 9 nitrogen and oxygen atoms in total. The summed E-state index contributed by atoms with van der Waals surface area (Å²) in [5, 5.41) is 10.1. The summed E-state index contributed by atoms with van der Waals surface area (Å²) in [5.41, 5.74) is 0.761. The van der Waals surface area contributed by atoms with Crippen LogP contribution in [0.1, 0.15) is 5.69 Å². The lowest BCUT2D eigenvalue weighted by molar-refractivity contribution is -0.115. The first-order chi connectivity index (χ1) is 15.9. The number of rotatable bonds is 7. The minimum atomic E-state index is -3.88. The Morgan fingerprint density at radius 2 is 1.70 bits per heavy atom. The van der Waals surface area contributed by atoms with Gasteiger partial charge in [-0.25, -0.2) is 13.5 Å². The third kappa shape index (κ3) is 5.01. The zero-order valence-electron chi connectivity index (χ0n) is 17.5. The third-order valence-electron chi connectivity index (χ3n) is 4.87. The standard InChI is InChI=1S/C23H20N4O5S/c1-32-17-11-9-15(10-12-17)27-33(30,31)18-6-4-5-16(13-18)24-22(28)14-21-19-7-2-3-8-20(19)23(29)26-25-21/h2-13,27H,14H2,1H3,(H,24,28)(H,26,29). The summed E-state index contributed by atoms with van der Waals surface area (Å²) in [6, 6.07) is 19.2. The highest BCUT2D eigenvalue weighted by Crippen LogP contribution is 2.21. The third-order valence-corrected chi connectivity index (χ3v) is 6.25. The van der Waals surface area contributed by atoms with E-state index in [1.807, 2.05) is 0 Å². The van der Waals surface area contributed by atoms with E-state index in [0.717, 1.165) is 0 Å². The van der Waals surface area contributed by atoms with Crippen LogP contribution >= 0.6 is 0 Å². The van der Waals surface area contributed by atoms with Crippen molar-refractivity contribution in [3.8, 4) is 5.75 Å². The van der Waals surface area contributed by atoms with Gasteiger partial charge in [0.1, 0.15) is 5.75 Å². The number of aromatic nitrogens is 2. The van der Waals surface area contributed by atoms with Crippen molar-refractivity contribution >= 4 is 38.1 Å².